The summed E-state index contributed by atoms with van der Waals surface area (Å²) in [6, 6.07) is 4.20. The van der Waals surface area contributed by atoms with E-state index in [-0.39, 0.29) is 6.10 Å². The molecule has 1 aromatic rings. The highest BCUT2D eigenvalue weighted by Gasteiger charge is 2.03. The molecular weight excluding hydrogens is 196 g/mol. The minimum absolute atomic E-state index is 0.296. The lowest BCUT2D eigenvalue weighted by molar-refractivity contribution is 0.0372. The third-order valence-corrected chi connectivity index (χ3v) is 2.99. The third kappa shape index (κ3) is 4.74. The summed E-state index contributed by atoms with van der Waals surface area (Å²) in [5, 5.41) is 11.6. The first kappa shape index (κ1) is 11.7. The fourth-order valence-electron chi connectivity index (χ4n) is 1.30. The first-order valence-electron chi connectivity index (χ1n) is 5.11. The molecule has 0 bridgehead atoms. The van der Waals surface area contributed by atoms with Crippen LogP contribution in [0.3, 0.4) is 0 Å². The normalized spacial score (nSPS) is 13.0. The van der Waals surface area contributed by atoms with E-state index < -0.39 is 0 Å². The van der Waals surface area contributed by atoms with Gasteiger partial charge >= 0.3 is 0 Å². The molecule has 0 aliphatic rings. The van der Waals surface area contributed by atoms with Gasteiger partial charge in [-0.05, 0) is 37.6 Å². The zero-order chi connectivity index (χ0) is 10.2. The molecule has 0 aliphatic carbocycles. The molecule has 1 atom stereocenters. The Morgan fingerprint density at radius 3 is 3.07 bits per heavy atom. The van der Waals surface area contributed by atoms with Crippen LogP contribution in [0.5, 0.6) is 0 Å². The summed E-state index contributed by atoms with van der Waals surface area (Å²) in [6.07, 6.45) is 2.64. The second kappa shape index (κ2) is 6.98. The van der Waals surface area contributed by atoms with Gasteiger partial charge in [-0.25, -0.2) is 0 Å². The molecule has 0 radical (unpaired) electrons. The number of aryl methyl sites for hydroxylation is 1. The topological polar surface area (TPSA) is 29.5 Å². The van der Waals surface area contributed by atoms with Gasteiger partial charge in [-0.1, -0.05) is 6.07 Å². The Labute approximate surface area is 89.5 Å². The standard InChI is InChI=1S/C11H18O2S/c1-2-13-9-10(12)5-3-6-11-7-4-8-14-11/h4,7-8,10,12H,2-3,5-6,9H2,1H3. The second-order valence-corrected chi connectivity index (χ2v) is 4.32. The summed E-state index contributed by atoms with van der Waals surface area (Å²) in [4.78, 5) is 1.40. The Hall–Kier alpha value is -0.380. The summed E-state index contributed by atoms with van der Waals surface area (Å²) in [5.41, 5.74) is 0. The lowest BCUT2D eigenvalue weighted by Crippen LogP contribution is -2.15. The molecule has 14 heavy (non-hydrogen) atoms. The van der Waals surface area contributed by atoms with Gasteiger partial charge in [-0.2, -0.15) is 0 Å². The number of hydrogen-bond acceptors (Lipinski definition) is 3. The van der Waals surface area contributed by atoms with Crippen LogP contribution in [0.25, 0.3) is 0 Å². The molecule has 0 fully saturated rings. The van der Waals surface area contributed by atoms with Gasteiger partial charge in [0.2, 0.25) is 0 Å². The van der Waals surface area contributed by atoms with Crippen molar-refractivity contribution >= 4 is 11.3 Å². The van der Waals surface area contributed by atoms with Crippen molar-refractivity contribution < 1.29 is 9.84 Å². The molecule has 0 aliphatic heterocycles. The van der Waals surface area contributed by atoms with E-state index >= 15 is 0 Å². The van der Waals surface area contributed by atoms with Crippen molar-refractivity contribution in [3.05, 3.63) is 22.4 Å². The van der Waals surface area contributed by atoms with Crippen molar-refractivity contribution in [1.82, 2.24) is 0 Å². The number of aliphatic hydroxyl groups excluding tert-OH is 1. The van der Waals surface area contributed by atoms with E-state index in [1.807, 2.05) is 6.92 Å². The van der Waals surface area contributed by atoms with Crippen molar-refractivity contribution in [2.24, 2.45) is 0 Å². The smallest absolute Gasteiger partial charge is 0.0773 e. The molecule has 0 aromatic carbocycles. The molecule has 1 aromatic heterocycles. The highest BCUT2D eigenvalue weighted by Crippen LogP contribution is 2.12. The molecule has 80 valence electrons. The zero-order valence-electron chi connectivity index (χ0n) is 8.61. The predicted octanol–water partition coefficient (Wildman–Crippen LogP) is 2.47. The zero-order valence-corrected chi connectivity index (χ0v) is 9.43. The highest BCUT2D eigenvalue weighted by atomic mass is 32.1. The maximum absolute atomic E-state index is 9.49. The minimum Gasteiger partial charge on any atom is -0.391 e. The Bertz CT molecular complexity index is 221. The van der Waals surface area contributed by atoms with E-state index in [0.29, 0.717) is 13.2 Å². The van der Waals surface area contributed by atoms with Crippen molar-refractivity contribution in [2.45, 2.75) is 32.3 Å². The lowest BCUT2D eigenvalue weighted by atomic mass is 10.1. The second-order valence-electron chi connectivity index (χ2n) is 3.28. The van der Waals surface area contributed by atoms with Crippen molar-refractivity contribution in [3.63, 3.8) is 0 Å². The van der Waals surface area contributed by atoms with Gasteiger partial charge in [-0.15, -0.1) is 11.3 Å². The quantitative estimate of drug-likeness (QED) is 0.755. The van der Waals surface area contributed by atoms with E-state index in [4.69, 9.17) is 4.74 Å². The first-order chi connectivity index (χ1) is 6.83. The number of hydrogen-bond donors (Lipinski definition) is 1. The summed E-state index contributed by atoms with van der Waals surface area (Å²) in [5.74, 6) is 0. The first-order valence-corrected chi connectivity index (χ1v) is 5.99. The number of ether oxygens (including phenoxy) is 1. The fraction of sp³-hybridized carbons (Fsp3) is 0.636. The molecule has 3 heteroatoms. The fourth-order valence-corrected chi connectivity index (χ4v) is 2.06. The Morgan fingerprint density at radius 2 is 2.43 bits per heavy atom. The Balaban J connectivity index is 2.03. The van der Waals surface area contributed by atoms with Crippen molar-refractivity contribution in [2.75, 3.05) is 13.2 Å². The molecule has 1 rings (SSSR count). The van der Waals surface area contributed by atoms with E-state index in [1.165, 1.54) is 4.88 Å². The SMILES string of the molecule is CCOCC(O)CCCc1cccs1. The monoisotopic (exact) mass is 214 g/mol. The van der Waals surface area contributed by atoms with Gasteiger partial charge < -0.3 is 9.84 Å². The van der Waals surface area contributed by atoms with Crippen LogP contribution >= 0.6 is 11.3 Å². The molecule has 0 saturated carbocycles. The lowest BCUT2D eigenvalue weighted by Gasteiger charge is -2.09. The van der Waals surface area contributed by atoms with E-state index in [0.717, 1.165) is 19.3 Å². The van der Waals surface area contributed by atoms with Crippen LogP contribution in [0.2, 0.25) is 0 Å². The van der Waals surface area contributed by atoms with Gasteiger partial charge in [-0.3, -0.25) is 0 Å². The summed E-state index contributed by atoms with van der Waals surface area (Å²) in [7, 11) is 0. The van der Waals surface area contributed by atoms with Crippen molar-refractivity contribution in [3.8, 4) is 0 Å². The average Bonchev–Trinajstić information content (AvgIpc) is 2.67. The number of aliphatic hydroxyl groups is 1. The Kier molecular flexibility index (Phi) is 5.83. The molecule has 2 nitrogen and oxygen atoms in total. The number of rotatable bonds is 7. The maximum Gasteiger partial charge on any atom is 0.0773 e. The van der Waals surface area contributed by atoms with E-state index in [2.05, 4.69) is 17.5 Å². The minimum atomic E-state index is -0.296. The van der Waals surface area contributed by atoms with Crippen LogP contribution < -0.4 is 0 Å². The van der Waals surface area contributed by atoms with Gasteiger partial charge in [0.05, 0.1) is 12.7 Å². The molecule has 0 spiro atoms. The molecule has 1 N–H and O–H groups in total. The highest BCUT2D eigenvalue weighted by molar-refractivity contribution is 7.09. The molecular formula is C11H18O2S. The summed E-state index contributed by atoms with van der Waals surface area (Å²) in [6.45, 7) is 3.10. The predicted molar refractivity (Wildman–Crippen MR) is 59.8 cm³/mol. The van der Waals surface area contributed by atoms with Crippen LogP contribution in [-0.2, 0) is 11.2 Å². The van der Waals surface area contributed by atoms with Crippen molar-refractivity contribution in [1.29, 1.82) is 0 Å². The van der Waals surface area contributed by atoms with Crippen LogP contribution in [0.15, 0.2) is 17.5 Å². The van der Waals surface area contributed by atoms with Crippen LogP contribution in [0, 0.1) is 0 Å². The summed E-state index contributed by atoms with van der Waals surface area (Å²) >= 11 is 1.78. The third-order valence-electron chi connectivity index (χ3n) is 2.05. The van der Waals surface area contributed by atoms with Gasteiger partial charge in [0.1, 0.15) is 0 Å². The van der Waals surface area contributed by atoms with Gasteiger partial charge in [0, 0.05) is 11.5 Å². The van der Waals surface area contributed by atoms with Crippen LogP contribution in [0.4, 0.5) is 0 Å². The van der Waals surface area contributed by atoms with E-state index in [9.17, 15) is 5.11 Å². The molecule has 1 unspecified atom stereocenters. The maximum atomic E-state index is 9.49. The average molecular weight is 214 g/mol. The van der Waals surface area contributed by atoms with Gasteiger partial charge in [0.25, 0.3) is 0 Å². The van der Waals surface area contributed by atoms with Crippen LogP contribution in [0.1, 0.15) is 24.6 Å². The summed E-state index contributed by atoms with van der Waals surface area (Å²) < 4.78 is 5.14. The largest absolute Gasteiger partial charge is 0.391 e. The van der Waals surface area contributed by atoms with Gasteiger partial charge in [0.15, 0.2) is 0 Å². The number of thiophene rings is 1. The molecule has 1 heterocycles. The molecule has 0 amide bonds. The van der Waals surface area contributed by atoms with Crippen LogP contribution in [-0.4, -0.2) is 24.4 Å². The van der Waals surface area contributed by atoms with E-state index in [1.54, 1.807) is 11.3 Å². The Morgan fingerprint density at radius 1 is 1.57 bits per heavy atom. The molecule has 0 saturated heterocycles.